The largest absolute Gasteiger partial charge is 0.497 e. The number of hydrogen-bond acceptors (Lipinski definition) is 5. The predicted octanol–water partition coefficient (Wildman–Crippen LogP) is 4.35. The fraction of sp³-hybridized carbons (Fsp3) is 0.259. The lowest BCUT2D eigenvalue weighted by atomic mass is 10.1. The minimum Gasteiger partial charge on any atom is -0.497 e. The van der Waals surface area contributed by atoms with Gasteiger partial charge in [-0.05, 0) is 80.1 Å². The van der Waals surface area contributed by atoms with Crippen LogP contribution in [0.5, 0.6) is 5.75 Å². The van der Waals surface area contributed by atoms with Gasteiger partial charge in [-0.3, -0.25) is 13.9 Å². The number of amides is 2. The minimum absolute atomic E-state index is 0.0737. The summed E-state index contributed by atoms with van der Waals surface area (Å²) in [5, 5.41) is 2.71. The number of hydrogen-bond donors (Lipinski definition) is 1. The zero-order chi connectivity index (χ0) is 27.9. The molecule has 0 aromatic heterocycles. The van der Waals surface area contributed by atoms with E-state index in [0.29, 0.717) is 12.3 Å². The van der Waals surface area contributed by atoms with E-state index in [-0.39, 0.29) is 23.0 Å². The molecule has 3 aromatic rings. The summed E-state index contributed by atoms with van der Waals surface area (Å²) in [4.78, 5) is 27.7. The van der Waals surface area contributed by atoms with Crippen LogP contribution in [0.4, 0.5) is 10.1 Å². The number of nitrogens with one attached hydrogen (secondary N) is 1. The number of sulfonamides is 1. The number of carbonyl (C=O) groups excluding carboxylic acids is 2. The van der Waals surface area contributed by atoms with Gasteiger partial charge in [0, 0.05) is 17.6 Å². The molecule has 38 heavy (non-hydrogen) atoms. The molecule has 0 heterocycles. The summed E-state index contributed by atoms with van der Waals surface area (Å²) >= 11 is 3.38. The van der Waals surface area contributed by atoms with Gasteiger partial charge in [0.05, 0.1) is 17.7 Å². The molecule has 0 aliphatic heterocycles. The van der Waals surface area contributed by atoms with Crippen LogP contribution in [0.1, 0.15) is 19.4 Å². The Morgan fingerprint density at radius 3 is 2.16 bits per heavy atom. The second-order valence-electron chi connectivity index (χ2n) is 8.38. The summed E-state index contributed by atoms with van der Waals surface area (Å²) in [6, 6.07) is 16.9. The Kier molecular flexibility index (Phi) is 9.87. The van der Waals surface area contributed by atoms with Gasteiger partial charge in [0.25, 0.3) is 10.0 Å². The summed E-state index contributed by atoms with van der Waals surface area (Å²) in [6.07, 6.45) is 0. The van der Waals surface area contributed by atoms with E-state index in [1.807, 2.05) is 12.1 Å². The normalized spacial score (nSPS) is 11.9. The van der Waals surface area contributed by atoms with Crippen molar-refractivity contribution in [3.05, 3.63) is 88.6 Å². The molecule has 0 aliphatic rings. The van der Waals surface area contributed by atoms with Crippen LogP contribution in [0.2, 0.25) is 0 Å². The van der Waals surface area contributed by atoms with Gasteiger partial charge in [-0.2, -0.15) is 0 Å². The summed E-state index contributed by atoms with van der Waals surface area (Å²) in [6.45, 7) is 3.19. The van der Waals surface area contributed by atoms with Gasteiger partial charge in [0.15, 0.2) is 0 Å². The first-order valence-corrected chi connectivity index (χ1v) is 14.0. The maximum atomic E-state index is 13.7. The first-order chi connectivity index (χ1) is 18.1. The van der Waals surface area contributed by atoms with Crippen molar-refractivity contribution in [2.45, 2.75) is 31.3 Å². The van der Waals surface area contributed by atoms with Crippen LogP contribution in [-0.2, 0) is 26.2 Å². The maximum Gasteiger partial charge on any atom is 0.264 e. The topological polar surface area (TPSA) is 96.0 Å². The highest BCUT2D eigenvalue weighted by Crippen LogP contribution is 2.26. The number of ether oxygens (including phenoxy) is 1. The number of anilines is 1. The van der Waals surface area contributed by atoms with Gasteiger partial charge in [-0.1, -0.05) is 28.1 Å². The van der Waals surface area contributed by atoms with Gasteiger partial charge >= 0.3 is 0 Å². The van der Waals surface area contributed by atoms with E-state index in [4.69, 9.17) is 4.74 Å². The number of methoxy groups -OCH3 is 1. The molecular formula is C27H29BrFN3O5S. The minimum atomic E-state index is -4.25. The van der Waals surface area contributed by atoms with Crippen molar-refractivity contribution in [1.29, 1.82) is 0 Å². The van der Waals surface area contributed by atoms with E-state index >= 15 is 0 Å². The SMILES string of the molecule is CCNC(=O)[C@@H](C)N(Cc1ccc(Br)cc1)C(=O)CN(c1ccc(F)cc1)S(=O)(=O)c1ccc(OC)cc1. The molecule has 0 saturated heterocycles. The van der Waals surface area contributed by atoms with Gasteiger partial charge in [0.2, 0.25) is 11.8 Å². The average molecular weight is 607 g/mol. The van der Waals surface area contributed by atoms with Crippen molar-refractivity contribution in [1.82, 2.24) is 10.2 Å². The third-order valence-electron chi connectivity index (χ3n) is 5.83. The van der Waals surface area contributed by atoms with E-state index in [9.17, 15) is 22.4 Å². The van der Waals surface area contributed by atoms with Crippen molar-refractivity contribution in [3.8, 4) is 5.75 Å². The fourth-order valence-corrected chi connectivity index (χ4v) is 5.38. The lowest BCUT2D eigenvalue weighted by molar-refractivity contribution is -0.139. The number of halogens is 2. The van der Waals surface area contributed by atoms with Gasteiger partial charge in [-0.25, -0.2) is 12.8 Å². The lowest BCUT2D eigenvalue weighted by Gasteiger charge is -2.32. The monoisotopic (exact) mass is 605 g/mol. The second-order valence-corrected chi connectivity index (χ2v) is 11.2. The molecule has 0 bridgehead atoms. The van der Waals surface area contributed by atoms with Crippen LogP contribution in [-0.4, -0.2) is 51.4 Å². The molecule has 0 aliphatic carbocycles. The maximum absolute atomic E-state index is 13.7. The molecule has 3 aromatic carbocycles. The van der Waals surface area contributed by atoms with Crippen molar-refractivity contribution < 1.29 is 27.1 Å². The Hall–Kier alpha value is -3.44. The van der Waals surface area contributed by atoms with E-state index < -0.39 is 34.3 Å². The highest BCUT2D eigenvalue weighted by Gasteiger charge is 2.32. The first kappa shape index (κ1) is 29.1. The molecule has 2 amide bonds. The smallest absolute Gasteiger partial charge is 0.264 e. The molecule has 0 fully saturated rings. The summed E-state index contributed by atoms with van der Waals surface area (Å²) in [5.74, 6) is -1.06. The Morgan fingerprint density at radius 1 is 1.00 bits per heavy atom. The molecule has 0 unspecified atom stereocenters. The summed E-state index contributed by atoms with van der Waals surface area (Å²) in [7, 11) is -2.79. The lowest BCUT2D eigenvalue weighted by Crippen LogP contribution is -2.51. The van der Waals surface area contributed by atoms with Crippen molar-refractivity contribution in [2.75, 3.05) is 24.5 Å². The fourth-order valence-electron chi connectivity index (χ4n) is 3.70. The van der Waals surface area contributed by atoms with Gasteiger partial charge in [0.1, 0.15) is 24.2 Å². The van der Waals surface area contributed by atoms with Gasteiger partial charge in [-0.15, -0.1) is 0 Å². The number of nitrogens with zero attached hydrogens (tertiary/aromatic N) is 2. The van der Waals surface area contributed by atoms with Crippen molar-refractivity contribution >= 4 is 43.5 Å². The summed E-state index contributed by atoms with van der Waals surface area (Å²) in [5.41, 5.74) is 0.855. The zero-order valence-electron chi connectivity index (χ0n) is 21.2. The third kappa shape index (κ3) is 7.11. The molecule has 0 spiro atoms. The highest BCUT2D eigenvalue weighted by atomic mass is 79.9. The van der Waals surface area contributed by atoms with Crippen LogP contribution >= 0.6 is 15.9 Å². The number of benzene rings is 3. The zero-order valence-corrected chi connectivity index (χ0v) is 23.6. The van der Waals surface area contributed by atoms with E-state index in [1.165, 1.54) is 48.4 Å². The number of likely N-dealkylation sites (N-methyl/N-ethyl adjacent to an activating group) is 1. The standard InChI is InChI=1S/C27H29BrFN3O5S/c1-4-30-27(34)19(2)31(17-20-5-7-21(28)8-6-20)26(33)18-32(23-11-9-22(29)10-12-23)38(35,36)25-15-13-24(37-3)14-16-25/h5-16,19H,4,17-18H2,1-3H3,(H,30,34)/t19-/m1/s1. The predicted molar refractivity (Wildman–Crippen MR) is 147 cm³/mol. The Labute approximate surface area is 230 Å². The van der Waals surface area contributed by atoms with Crippen molar-refractivity contribution in [3.63, 3.8) is 0 Å². The molecule has 3 rings (SSSR count). The van der Waals surface area contributed by atoms with Crippen LogP contribution in [0.25, 0.3) is 0 Å². The first-order valence-electron chi connectivity index (χ1n) is 11.8. The van der Waals surface area contributed by atoms with Crippen LogP contribution in [0.15, 0.2) is 82.2 Å². The molecule has 1 atom stereocenters. The molecule has 202 valence electrons. The highest BCUT2D eigenvalue weighted by molar-refractivity contribution is 9.10. The van der Waals surface area contributed by atoms with E-state index in [2.05, 4.69) is 21.2 Å². The molecule has 8 nitrogen and oxygen atoms in total. The van der Waals surface area contributed by atoms with E-state index in [1.54, 1.807) is 26.0 Å². The quantitative estimate of drug-likeness (QED) is 0.351. The molecular weight excluding hydrogens is 577 g/mol. The Bertz CT molecular complexity index is 1350. The Balaban J connectivity index is 2.01. The molecule has 0 radical (unpaired) electrons. The third-order valence-corrected chi connectivity index (χ3v) is 8.14. The van der Waals surface area contributed by atoms with E-state index in [0.717, 1.165) is 26.5 Å². The average Bonchev–Trinajstić information content (AvgIpc) is 2.91. The number of carbonyl (C=O) groups is 2. The number of rotatable bonds is 11. The molecule has 1 N–H and O–H groups in total. The summed E-state index contributed by atoms with van der Waals surface area (Å²) < 4.78 is 48.0. The van der Waals surface area contributed by atoms with Crippen LogP contribution in [0.3, 0.4) is 0 Å². The molecule has 0 saturated carbocycles. The van der Waals surface area contributed by atoms with Gasteiger partial charge < -0.3 is 15.0 Å². The van der Waals surface area contributed by atoms with Crippen molar-refractivity contribution in [2.24, 2.45) is 0 Å². The van der Waals surface area contributed by atoms with Crippen LogP contribution < -0.4 is 14.4 Å². The Morgan fingerprint density at radius 2 is 1.61 bits per heavy atom. The second kappa shape index (κ2) is 12.9. The molecule has 11 heteroatoms. The van der Waals surface area contributed by atoms with Crippen LogP contribution in [0, 0.1) is 5.82 Å².